The molecule has 3 rings (SSSR count). The van der Waals surface area contributed by atoms with E-state index in [0.717, 1.165) is 16.8 Å². The highest BCUT2D eigenvalue weighted by Gasteiger charge is 2.38. The maximum Gasteiger partial charge on any atom is 0.161 e. The van der Waals surface area contributed by atoms with E-state index in [1.165, 1.54) is 42.5 Å². The van der Waals surface area contributed by atoms with E-state index in [9.17, 15) is 0 Å². The fourth-order valence-electron chi connectivity index (χ4n) is 3.17. The Kier molecular flexibility index (Phi) is 3.80. The topological polar surface area (TPSA) is 24.4 Å². The molecule has 1 aromatic carbocycles. The number of rotatable bonds is 1. The number of nitrogens with one attached hydrogen (secondary N) is 1. The van der Waals surface area contributed by atoms with Crippen LogP contribution in [0.5, 0.6) is 0 Å². The van der Waals surface area contributed by atoms with Gasteiger partial charge in [-0.2, -0.15) is 0 Å². The van der Waals surface area contributed by atoms with E-state index in [4.69, 9.17) is 4.99 Å². The summed E-state index contributed by atoms with van der Waals surface area (Å²) >= 11 is 1.90. The van der Waals surface area contributed by atoms with Crippen LogP contribution >= 0.6 is 11.8 Å². The molecule has 1 aromatic rings. The first-order valence-corrected chi connectivity index (χ1v) is 8.62. The first kappa shape index (κ1) is 14.0. The molecule has 20 heavy (non-hydrogen) atoms. The van der Waals surface area contributed by atoms with Gasteiger partial charge < -0.3 is 5.32 Å². The van der Waals surface area contributed by atoms with Crippen LogP contribution in [0.3, 0.4) is 0 Å². The molecule has 1 spiro atoms. The standard InChI is InChI=1S/C17H24N2S/c1-12-6-8-17(9-7-12)11-20-16(19-17)18-15-5-4-13(2)10-14(15)3/h4-5,10,12H,6-9,11H2,1-3H3,(H,18,19). The van der Waals surface area contributed by atoms with E-state index in [1.807, 2.05) is 11.8 Å². The van der Waals surface area contributed by atoms with Crippen LogP contribution in [0.4, 0.5) is 5.69 Å². The van der Waals surface area contributed by atoms with Crippen molar-refractivity contribution in [3.8, 4) is 0 Å². The number of thioether (sulfide) groups is 1. The molecule has 1 saturated carbocycles. The average molecular weight is 288 g/mol. The molecule has 0 unspecified atom stereocenters. The quantitative estimate of drug-likeness (QED) is 0.805. The summed E-state index contributed by atoms with van der Waals surface area (Å²) in [7, 11) is 0. The van der Waals surface area contributed by atoms with Crippen molar-refractivity contribution in [2.75, 3.05) is 11.1 Å². The van der Waals surface area contributed by atoms with E-state index in [0.29, 0.717) is 0 Å². The van der Waals surface area contributed by atoms with Crippen LogP contribution in [0.1, 0.15) is 43.7 Å². The number of aryl methyl sites for hydroxylation is 2. The van der Waals surface area contributed by atoms with Crippen molar-refractivity contribution >= 4 is 22.6 Å². The molecular formula is C17H24N2S. The number of hydrogen-bond acceptors (Lipinski definition) is 3. The lowest BCUT2D eigenvalue weighted by Gasteiger charge is -2.32. The summed E-state index contributed by atoms with van der Waals surface area (Å²) in [5.74, 6) is 2.05. The number of hydrogen-bond donors (Lipinski definition) is 1. The van der Waals surface area contributed by atoms with Gasteiger partial charge in [-0.3, -0.25) is 4.99 Å². The minimum Gasteiger partial charge on any atom is -0.335 e. The Bertz CT molecular complexity index is 528. The predicted octanol–water partition coefficient (Wildman–Crippen LogP) is 4.77. The van der Waals surface area contributed by atoms with Gasteiger partial charge in [0.15, 0.2) is 5.17 Å². The lowest BCUT2D eigenvalue weighted by molar-refractivity contribution is 0.273. The molecule has 0 saturated heterocycles. The highest BCUT2D eigenvalue weighted by Crippen LogP contribution is 2.41. The number of anilines is 1. The zero-order valence-electron chi connectivity index (χ0n) is 12.7. The van der Waals surface area contributed by atoms with E-state index < -0.39 is 0 Å². The van der Waals surface area contributed by atoms with Crippen molar-refractivity contribution < 1.29 is 0 Å². The summed E-state index contributed by atoms with van der Waals surface area (Å²) in [6.45, 7) is 6.66. The maximum absolute atomic E-state index is 5.04. The maximum atomic E-state index is 5.04. The molecule has 0 radical (unpaired) electrons. The van der Waals surface area contributed by atoms with E-state index in [-0.39, 0.29) is 5.54 Å². The summed E-state index contributed by atoms with van der Waals surface area (Å²) in [6, 6.07) is 6.55. The Labute approximate surface area is 126 Å². The Morgan fingerprint density at radius 3 is 2.70 bits per heavy atom. The second-order valence-corrected chi connectivity index (χ2v) is 7.52. The molecule has 1 N–H and O–H groups in total. The molecule has 1 heterocycles. The molecule has 1 aliphatic carbocycles. The fraction of sp³-hybridized carbons (Fsp3) is 0.588. The predicted molar refractivity (Wildman–Crippen MR) is 89.8 cm³/mol. The minimum atomic E-state index is 0.234. The van der Waals surface area contributed by atoms with Gasteiger partial charge in [-0.15, -0.1) is 0 Å². The molecule has 0 aromatic heterocycles. The van der Waals surface area contributed by atoms with Crippen molar-refractivity contribution in [3.63, 3.8) is 0 Å². The summed E-state index contributed by atoms with van der Waals surface area (Å²) < 4.78 is 0. The Morgan fingerprint density at radius 1 is 1.25 bits per heavy atom. The molecule has 2 aliphatic rings. The van der Waals surface area contributed by atoms with E-state index >= 15 is 0 Å². The molecule has 0 bridgehead atoms. The van der Waals surface area contributed by atoms with Crippen molar-refractivity contribution in [3.05, 3.63) is 29.3 Å². The Hall–Kier alpha value is -0.960. The van der Waals surface area contributed by atoms with Gasteiger partial charge in [0.25, 0.3) is 0 Å². The van der Waals surface area contributed by atoms with Gasteiger partial charge in [-0.05, 0) is 57.1 Å². The van der Waals surface area contributed by atoms with Crippen LogP contribution in [0.25, 0.3) is 0 Å². The molecule has 1 fully saturated rings. The molecule has 0 amide bonds. The van der Waals surface area contributed by atoms with Gasteiger partial charge in [-0.1, -0.05) is 36.4 Å². The Balaban J connectivity index is 1.72. The monoisotopic (exact) mass is 288 g/mol. The summed E-state index contributed by atoms with van der Waals surface area (Å²) in [5, 5.41) is 4.65. The zero-order valence-corrected chi connectivity index (χ0v) is 13.5. The molecular weight excluding hydrogens is 264 g/mol. The van der Waals surface area contributed by atoms with E-state index in [2.05, 4.69) is 44.3 Å². The van der Waals surface area contributed by atoms with Gasteiger partial charge in [0.05, 0.1) is 5.54 Å². The summed E-state index contributed by atoms with van der Waals surface area (Å²) in [4.78, 5) is 5.04. The number of benzene rings is 1. The highest BCUT2D eigenvalue weighted by molar-refractivity contribution is 8.14. The van der Waals surface area contributed by atoms with Crippen LogP contribution in [0, 0.1) is 19.8 Å². The molecule has 108 valence electrons. The summed E-state index contributed by atoms with van der Waals surface area (Å²) in [5.41, 5.74) is 4.04. The van der Waals surface area contributed by atoms with Gasteiger partial charge in [0.1, 0.15) is 0 Å². The minimum absolute atomic E-state index is 0.234. The molecule has 0 atom stereocenters. The van der Waals surface area contributed by atoms with Gasteiger partial charge in [0.2, 0.25) is 0 Å². The van der Waals surface area contributed by atoms with Crippen LogP contribution in [0.15, 0.2) is 23.2 Å². The van der Waals surface area contributed by atoms with Crippen LogP contribution in [-0.4, -0.2) is 16.5 Å². The van der Waals surface area contributed by atoms with Crippen molar-refractivity contribution in [2.24, 2.45) is 10.9 Å². The second-order valence-electron chi connectivity index (χ2n) is 6.56. The molecule has 1 aliphatic heterocycles. The molecule has 2 nitrogen and oxygen atoms in total. The van der Waals surface area contributed by atoms with Crippen molar-refractivity contribution in [1.82, 2.24) is 0 Å². The Morgan fingerprint density at radius 2 is 2.00 bits per heavy atom. The normalized spacial score (nSPS) is 29.6. The summed E-state index contributed by atoms with van der Waals surface area (Å²) in [6.07, 6.45) is 5.19. The van der Waals surface area contributed by atoms with Gasteiger partial charge in [-0.25, -0.2) is 0 Å². The van der Waals surface area contributed by atoms with Gasteiger partial charge >= 0.3 is 0 Å². The van der Waals surface area contributed by atoms with Crippen molar-refractivity contribution in [1.29, 1.82) is 0 Å². The van der Waals surface area contributed by atoms with Crippen LogP contribution < -0.4 is 5.32 Å². The van der Waals surface area contributed by atoms with Crippen LogP contribution in [0.2, 0.25) is 0 Å². The lowest BCUT2D eigenvalue weighted by atomic mass is 9.79. The van der Waals surface area contributed by atoms with Crippen LogP contribution in [-0.2, 0) is 0 Å². The number of aliphatic imine (C=N–C) groups is 1. The third kappa shape index (κ3) is 2.88. The number of amidine groups is 1. The van der Waals surface area contributed by atoms with E-state index in [1.54, 1.807) is 0 Å². The van der Waals surface area contributed by atoms with Crippen molar-refractivity contribution in [2.45, 2.75) is 52.0 Å². The SMILES string of the molecule is Cc1ccc(NC2=NC3(CCC(C)CC3)CS2)c(C)c1. The lowest BCUT2D eigenvalue weighted by Crippen LogP contribution is -2.32. The third-order valence-corrected chi connectivity index (χ3v) is 5.79. The fourth-order valence-corrected chi connectivity index (χ4v) is 4.37. The smallest absolute Gasteiger partial charge is 0.161 e. The first-order chi connectivity index (χ1) is 9.56. The zero-order chi connectivity index (χ0) is 14.2. The van der Waals surface area contributed by atoms with Gasteiger partial charge in [0, 0.05) is 11.4 Å². The highest BCUT2D eigenvalue weighted by atomic mass is 32.2. The second kappa shape index (κ2) is 5.44. The molecule has 3 heteroatoms. The third-order valence-electron chi connectivity index (χ3n) is 4.64. The largest absolute Gasteiger partial charge is 0.335 e. The first-order valence-electron chi connectivity index (χ1n) is 7.63. The average Bonchev–Trinajstić information content (AvgIpc) is 2.80. The number of nitrogens with zero attached hydrogens (tertiary/aromatic N) is 1.